The van der Waals surface area contributed by atoms with E-state index in [1.807, 2.05) is 84.0 Å². The summed E-state index contributed by atoms with van der Waals surface area (Å²) in [5, 5.41) is 39.4. The molecule has 21 nitrogen and oxygen atoms in total. The van der Waals surface area contributed by atoms with Crippen LogP contribution in [0.1, 0.15) is 79.5 Å². The largest absolute Gasteiger partial charge is 0.371 e. The van der Waals surface area contributed by atoms with E-state index in [1.165, 1.54) is 72.3 Å². The average molecular weight is 1380 g/mol. The molecule has 18 rings (SSSR count). The van der Waals surface area contributed by atoms with Gasteiger partial charge in [0.15, 0.2) is 17.5 Å². The molecule has 3 atom stereocenters. The highest BCUT2D eigenvalue weighted by atomic mass is 19.1. The summed E-state index contributed by atoms with van der Waals surface area (Å²) in [5.74, 6) is 3.99. The Morgan fingerprint density at radius 3 is 1.62 bits per heavy atom. The lowest BCUT2D eigenvalue weighted by atomic mass is 10.0. The van der Waals surface area contributed by atoms with Crippen molar-refractivity contribution < 1.29 is 4.39 Å². The number of piperidine rings is 1. The lowest BCUT2D eigenvalue weighted by molar-refractivity contribution is 0.315. The molecule has 7 aromatic heterocycles. The second-order valence-corrected chi connectivity index (χ2v) is 29.0. The number of benzene rings is 5. The van der Waals surface area contributed by atoms with Crippen molar-refractivity contribution in [2.75, 3.05) is 88.7 Å². The minimum absolute atomic E-state index is 0.233. The number of hydrogen-bond donors (Lipinski definition) is 2. The fraction of sp³-hybridized carbons (Fsp3) is 0.317. The van der Waals surface area contributed by atoms with Gasteiger partial charge in [0.2, 0.25) is 0 Å². The summed E-state index contributed by atoms with van der Waals surface area (Å²) in [6.07, 6.45) is 19.8. The summed E-state index contributed by atoms with van der Waals surface area (Å²) in [4.78, 5) is 21.6. The Hall–Kier alpha value is -11.3. The molecule has 3 N–H and O–H groups in total. The highest BCUT2D eigenvalue weighted by Crippen LogP contribution is 2.41. The Morgan fingerprint density at radius 1 is 0.558 bits per heavy atom. The zero-order valence-corrected chi connectivity index (χ0v) is 59.8. The van der Waals surface area contributed by atoms with Crippen molar-refractivity contribution in [1.29, 1.82) is 10.5 Å². The van der Waals surface area contributed by atoms with Crippen LogP contribution in [0.2, 0.25) is 0 Å². The molecule has 12 aromatic rings. The van der Waals surface area contributed by atoms with Crippen molar-refractivity contribution in [2.45, 2.75) is 90.3 Å². The lowest BCUT2D eigenvalue weighted by Gasteiger charge is -2.35. The van der Waals surface area contributed by atoms with Crippen LogP contribution in [-0.4, -0.2) is 160 Å². The number of nitriles is 2. The molecule has 526 valence electrons. The molecule has 3 fully saturated rings. The molecule has 104 heavy (non-hydrogen) atoms. The number of fused-ring (bicyclic) bond motifs is 15. The van der Waals surface area contributed by atoms with Crippen LogP contribution in [0.3, 0.4) is 0 Å². The number of rotatable bonds is 13. The number of halogens is 1. The predicted octanol–water partition coefficient (Wildman–Crippen LogP) is 12.5. The number of hydrogen-bond acceptors (Lipinski definition) is 15. The quantitative estimate of drug-likeness (QED) is 0.110. The third-order valence-electron chi connectivity index (χ3n) is 21.7. The van der Waals surface area contributed by atoms with E-state index in [-0.39, 0.29) is 5.82 Å². The topological polar surface area (TPSA) is 209 Å². The SMILES string of the molecule is CC[C@H](C)NC1CCN(c2ccc3c(c2)Cn2cc(-c4ccc(C#N)cc4)cc2-c2nncn2-3)CC1.CN(C)C[C@@H]1CCN(c2cc3c(cn2)-n2cnnc2-c2cc(-c4ccc(F)cc4)cn2C3)C1.CN(C)[C@@H]1CCN(c2ccc3c(c2)Cn2cc(-c4ccc(C#N)cc4)cc2-c2ncc(CN)n2-3)C1. The van der Waals surface area contributed by atoms with Gasteiger partial charge in [-0.2, -0.15) is 10.5 Å². The van der Waals surface area contributed by atoms with Gasteiger partial charge in [0.05, 0.1) is 75.5 Å². The van der Waals surface area contributed by atoms with Crippen LogP contribution in [-0.2, 0) is 26.2 Å². The van der Waals surface area contributed by atoms with Crippen molar-refractivity contribution in [3.8, 4) is 97.1 Å². The number of imidazole rings is 1. The first-order chi connectivity index (χ1) is 50.7. The summed E-state index contributed by atoms with van der Waals surface area (Å²) < 4.78 is 26.5. The van der Waals surface area contributed by atoms with E-state index in [0.717, 1.165) is 155 Å². The van der Waals surface area contributed by atoms with E-state index in [9.17, 15) is 4.39 Å². The summed E-state index contributed by atoms with van der Waals surface area (Å²) in [6, 6.07) is 50.5. The predicted molar refractivity (Wildman–Crippen MR) is 407 cm³/mol. The maximum absolute atomic E-state index is 13.4. The van der Waals surface area contributed by atoms with Gasteiger partial charge in [-0.05, 0) is 198 Å². The Labute approximate surface area is 606 Å². The van der Waals surface area contributed by atoms with E-state index in [2.05, 4.69) is 206 Å². The molecule has 6 aliphatic heterocycles. The van der Waals surface area contributed by atoms with E-state index < -0.39 is 0 Å². The molecule has 0 aliphatic carbocycles. The Balaban J connectivity index is 0.000000120. The minimum Gasteiger partial charge on any atom is -0.371 e. The molecule has 0 radical (unpaired) electrons. The first-order valence-corrected chi connectivity index (χ1v) is 36.3. The summed E-state index contributed by atoms with van der Waals surface area (Å²) in [5.41, 5.74) is 27.5. The van der Waals surface area contributed by atoms with E-state index in [1.54, 1.807) is 6.33 Å². The molecular weight excluding hydrogens is 1300 g/mol. The summed E-state index contributed by atoms with van der Waals surface area (Å²) in [7, 11) is 8.60. The van der Waals surface area contributed by atoms with Crippen molar-refractivity contribution in [2.24, 2.45) is 11.7 Å². The maximum atomic E-state index is 13.4. The highest BCUT2D eigenvalue weighted by Gasteiger charge is 2.31. The first kappa shape index (κ1) is 67.2. The number of anilines is 3. The summed E-state index contributed by atoms with van der Waals surface area (Å²) in [6.45, 7) is 14.6. The summed E-state index contributed by atoms with van der Waals surface area (Å²) >= 11 is 0. The molecule has 13 heterocycles. The Kier molecular flexibility index (Phi) is 18.4. The van der Waals surface area contributed by atoms with E-state index in [0.29, 0.717) is 48.3 Å². The van der Waals surface area contributed by atoms with Gasteiger partial charge in [-0.1, -0.05) is 43.3 Å². The van der Waals surface area contributed by atoms with Gasteiger partial charge in [-0.3, -0.25) is 13.7 Å². The molecule has 0 spiro atoms. The Morgan fingerprint density at radius 2 is 1.08 bits per heavy atom. The minimum atomic E-state index is -0.233. The van der Waals surface area contributed by atoms with Crippen molar-refractivity contribution in [1.82, 2.24) is 72.9 Å². The molecule has 0 unspecified atom stereocenters. The van der Waals surface area contributed by atoms with Crippen LogP contribution in [0.15, 0.2) is 177 Å². The number of likely N-dealkylation sites (N-methyl/N-ethyl adjacent to an activating group) is 1. The molecule has 0 amide bonds. The van der Waals surface area contributed by atoms with Gasteiger partial charge in [-0.25, -0.2) is 14.4 Å². The number of nitrogens with zero attached hydrogens (tertiary/aromatic N) is 19. The fourth-order valence-electron chi connectivity index (χ4n) is 15.9. The first-order valence-electron chi connectivity index (χ1n) is 36.3. The van der Waals surface area contributed by atoms with Crippen LogP contribution < -0.4 is 25.8 Å². The average Bonchev–Trinajstić information content (AvgIpc) is 1.61. The molecule has 22 heteroatoms. The van der Waals surface area contributed by atoms with Gasteiger partial charge in [-0.15, -0.1) is 20.4 Å². The van der Waals surface area contributed by atoms with E-state index >= 15 is 0 Å². The molecule has 5 aromatic carbocycles. The monoisotopic (exact) mass is 1380 g/mol. The smallest absolute Gasteiger partial charge is 0.185 e. The second-order valence-electron chi connectivity index (χ2n) is 29.0. The molecule has 0 saturated carbocycles. The number of nitrogens with two attached hydrogens (primary N) is 1. The molecule has 0 bridgehead atoms. The van der Waals surface area contributed by atoms with Gasteiger partial charge in [0.25, 0.3) is 0 Å². The number of pyridine rings is 1. The normalized spacial score (nSPS) is 16.5. The van der Waals surface area contributed by atoms with Crippen molar-refractivity contribution >= 4 is 17.2 Å². The fourth-order valence-corrected chi connectivity index (χ4v) is 15.9. The van der Waals surface area contributed by atoms with Gasteiger partial charge in [0.1, 0.15) is 24.3 Å². The number of aromatic nitrogens is 12. The Bertz CT molecular complexity index is 5180. The van der Waals surface area contributed by atoms with Gasteiger partial charge >= 0.3 is 0 Å². The third kappa shape index (κ3) is 13.3. The van der Waals surface area contributed by atoms with Crippen LogP contribution in [0, 0.1) is 34.4 Å². The zero-order chi connectivity index (χ0) is 71.3. The van der Waals surface area contributed by atoms with Crippen LogP contribution in [0.4, 0.5) is 21.6 Å². The third-order valence-corrected chi connectivity index (χ3v) is 21.7. The van der Waals surface area contributed by atoms with Crippen LogP contribution in [0.25, 0.3) is 85.0 Å². The van der Waals surface area contributed by atoms with Crippen LogP contribution in [0.5, 0.6) is 0 Å². The van der Waals surface area contributed by atoms with Crippen molar-refractivity contribution in [3.05, 3.63) is 216 Å². The maximum Gasteiger partial charge on any atom is 0.185 e. The second kappa shape index (κ2) is 28.5. The van der Waals surface area contributed by atoms with Gasteiger partial charge < -0.3 is 49.3 Å². The number of nitrogens with one attached hydrogen (secondary N) is 1. The van der Waals surface area contributed by atoms with E-state index in [4.69, 9.17) is 26.2 Å². The van der Waals surface area contributed by atoms with Crippen LogP contribution >= 0.6 is 0 Å². The van der Waals surface area contributed by atoms with Crippen molar-refractivity contribution in [3.63, 3.8) is 0 Å². The lowest BCUT2D eigenvalue weighted by Crippen LogP contribution is -2.45. The molecule has 3 saturated heterocycles. The standard InChI is InChI=1S/C29H31N7.C28H29N7.C25H26FN7/c1-3-20(2)32-25-10-12-34(13-11-25)26-8-9-27-24(14-26)18-35-17-23(22-6-4-21(16-30)5-7-22)15-28(35)29-33-31-19-36(27)29;1-32(2)24-9-10-33(18-24)23-7-8-26-22(11-23)17-34-16-21(20-5-3-19(13-29)4-6-20)12-27(34)28-31-15-25(14-30)35(26)28;1-30(2)12-17-7-8-31(13-17)24-10-20-15-32-14-19(18-3-5-21(26)6-4-18)9-22(32)25-29-28-16-33(25)23(20)11-27-24/h4-9,14-15,17,19-20,25,32H,3,10-13,18H2,1-2H3;3-8,11-12,15-16,24H,9-10,14,17-18,30H2,1-2H3;3-6,9-11,14,16-17H,7-8,12-13,15H2,1-2H3/t20-;24-;17-/m010/s1. The highest BCUT2D eigenvalue weighted by molar-refractivity contribution is 5.76. The molecular formula is C82H86FN21. The molecule has 6 aliphatic rings. The zero-order valence-electron chi connectivity index (χ0n) is 59.8. The van der Waals surface area contributed by atoms with Gasteiger partial charge in [0, 0.05) is 142 Å².